The summed E-state index contributed by atoms with van der Waals surface area (Å²) in [5.41, 5.74) is 1.54. The van der Waals surface area contributed by atoms with Crippen LogP contribution in [0.2, 0.25) is 10.2 Å². The second-order valence-electron chi connectivity index (χ2n) is 7.61. The molecule has 1 aliphatic heterocycles. The number of thiazole rings is 1. The first kappa shape index (κ1) is 21.4. The Morgan fingerprint density at radius 1 is 1.25 bits per heavy atom. The first-order valence-electron chi connectivity index (χ1n) is 9.77. The van der Waals surface area contributed by atoms with Gasteiger partial charge in [-0.25, -0.2) is 9.78 Å². The van der Waals surface area contributed by atoms with Gasteiger partial charge in [-0.3, -0.25) is 13.9 Å². The zero-order valence-electron chi connectivity index (χ0n) is 17.1. The van der Waals surface area contributed by atoms with Gasteiger partial charge in [-0.05, 0) is 12.1 Å². The van der Waals surface area contributed by atoms with Crippen molar-refractivity contribution in [1.82, 2.24) is 18.7 Å². The molecule has 32 heavy (non-hydrogen) atoms. The molecule has 3 aromatic heterocycles. The van der Waals surface area contributed by atoms with Crippen LogP contribution in [0.25, 0.3) is 22.2 Å². The van der Waals surface area contributed by atoms with Crippen molar-refractivity contribution in [3.63, 3.8) is 0 Å². The zero-order chi connectivity index (χ0) is 22.7. The van der Waals surface area contributed by atoms with Gasteiger partial charge in [0.1, 0.15) is 10.2 Å². The Bertz CT molecular complexity index is 1490. The number of aryl methyl sites for hydroxylation is 1. The molecular weight excluding hydrogens is 475 g/mol. The summed E-state index contributed by atoms with van der Waals surface area (Å²) in [4.78, 5) is 30.6. The van der Waals surface area contributed by atoms with Crippen LogP contribution in [0.15, 0.2) is 39.2 Å². The van der Waals surface area contributed by atoms with E-state index in [4.69, 9.17) is 27.9 Å². The molecule has 2 atom stereocenters. The van der Waals surface area contributed by atoms with Gasteiger partial charge in [-0.2, -0.15) is 0 Å². The molecular formula is C21H18Cl2N4O4S. The summed E-state index contributed by atoms with van der Waals surface area (Å²) in [6.07, 6.45) is -1.26. The van der Waals surface area contributed by atoms with Gasteiger partial charge in [-0.1, -0.05) is 35.3 Å². The summed E-state index contributed by atoms with van der Waals surface area (Å²) in [6.45, 7) is 0.0603. The normalized spacial score (nSPS) is 18.3. The summed E-state index contributed by atoms with van der Waals surface area (Å²) in [6, 6.07) is 7.18. The van der Waals surface area contributed by atoms with Crippen molar-refractivity contribution in [2.24, 2.45) is 14.1 Å². The molecule has 4 heterocycles. The average Bonchev–Trinajstić information content (AvgIpc) is 3.37. The molecule has 0 fully saturated rings. The molecule has 166 valence electrons. The molecule has 1 N–H and O–H groups in total. The first-order chi connectivity index (χ1) is 15.3. The third-order valence-electron chi connectivity index (χ3n) is 5.69. The summed E-state index contributed by atoms with van der Waals surface area (Å²) >= 11 is 13.7. The molecule has 8 nitrogen and oxygen atoms in total. The lowest BCUT2D eigenvalue weighted by Crippen LogP contribution is -2.37. The Hall–Kier alpha value is -2.43. The second-order valence-corrected chi connectivity index (χ2v) is 9.33. The van der Waals surface area contributed by atoms with Crippen LogP contribution >= 0.6 is 34.5 Å². The molecule has 0 spiro atoms. The van der Waals surface area contributed by atoms with Crippen LogP contribution in [0.3, 0.4) is 0 Å². The van der Waals surface area contributed by atoms with E-state index >= 15 is 0 Å². The average molecular weight is 493 g/mol. The minimum Gasteiger partial charge on any atom is -0.394 e. The number of aromatic nitrogens is 4. The van der Waals surface area contributed by atoms with E-state index in [1.165, 1.54) is 23.0 Å². The Balaban J connectivity index is 1.97. The number of ether oxygens (including phenoxy) is 1. The molecule has 0 amide bonds. The topological polar surface area (TPSA) is 91.3 Å². The number of benzene rings is 1. The van der Waals surface area contributed by atoms with Gasteiger partial charge in [0.25, 0.3) is 5.56 Å². The van der Waals surface area contributed by atoms with Crippen LogP contribution in [0.5, 0.6) is 0 Å². The van der Waals surface area contributed by atoms with Crippen molar-refractivity contribution < 1.29 is 9.84 Å². The summed E-state index contributed by atoms with van der Waals surface area (Å²) in [5, 5.41) is 13.4. The van der Waals surface area contributed by atoms with Crippen LogP contribution in [0.1, 0.15) is 16.8 Å². The molecule has 1 aliphatic rings. The van der Waals surface area contributed by atoms with Gasteiger partial charge in [-0.15, -0.1) is 11.3 Å². The summed E-state index contributed by atoms with van der Waals surface area (Å²) in [5.74, 6) is 0. The minimum atomic E-state index is -0.716. The number of fused-ring (bicyclic) bond motifs is 3. The Kier molecular flexibility index (Phi) is 5.26. The number of aliphatic hydroxyl groups excluding tert-OH is 1. The molecule has 11 heteroatoms. The third-order valence-corrected chi connectivity index (χ3v) is 7.13. The van der Waals surface area contributed by atoms with Crippen molar-refractivity contribution in [2.45, 2.75) is 18.8 Å². The van der Waals surface area contributed by atoms with Gasteiger partial charge in [0.2, 0.25) is 0 Å². The number of hydrogen-bond acceptors (Lipinski definition) is 6. The standard InChI is InChI=1S/C21H18Cl2N4O4S/c1-25-16-14(20(29)26(2)21(25)30)15(10-4-3-5-11(22)6-10)27-7-12(8-28)31-18(17(16)27)19-24-13(23)9-32-19/h3-6,9,12,18,28H,7-8H2,1-2H3/t12-,18+/m1/s1. The maximum absolute atomic E-state index is 13.4. The lowest BCUT2D eigenvalue weighted by Gasteiger charge is -2.31. The van der Waals surface area contributed by atoms with Gasteiger partial charge in [0.05, 0.1) is 41.5 Å². The van der Waals surface area contributed by atoms with E-state index in [1.54, 1.807) is 30.6 Å². The highest BCUT2D eigenvalue weighted by Crippen LogP contribution is 2.43. The van der Waals surface area contributed by atoms with E-state index in [9.17, 15) is 14.7 Å². The summed E-state index contributed by atoms with van der Waals surface area (Å²) in [7, 11) is 3.07. The number of nitrogens with zero attached hydrogens (tertiary/aromatic N) is 4. The fourth-order valence-electron chi connectivity index (χ4n) is 4.30. The molecule has 0 unspecified atom stereocenters. The van der Waals surface area contributed by atoms with E-state index in [0.717, 1.165) is 10.1 Å². The number of halogens is 2. The lowest BCUT2D eigenvalue weighted by molar-refractivity contribution is -0.0517. The van der Waals surface area contributed by atoms with Gasteiger partial charge < -0.3 is 14.4 Å². The predicted molar refractivity (Wildman–Crippen MR) is 124 cm³/mol. The molecule has 0 saturated carbocycles. The molecule has 5 rings (SSSR count). The maximum Gasteiger partial charge on any atom is 0.331 e. The summed E-state index contributed by atoms with van der Waals surface area (Å²) < 4.78 is 10.6. The van der Waals surface area contributed by atoms with Crippen LogP contribution < -0.4 is 11.2 Å². The van der Waals surface area contributed by atoms with Gasteiger partial charge >= 0.3 is 5.69 Å². The second kappa shape index (κ2) is 7.86. The van der Waals surface area contributed by atoms with Crippen molar-refractivity contribution in [1.29, 1.82) is 0 Å². The molecule has 0 aliphatic carbocycles. The first-order valence-corrected chi connectivity index (χ1v) is 11.4. The van der Waals surface area contributed by atoms with Crippen LogP contribution in [-0.2, 0) is 25.4 Å². The third kappa shape index (κ3) is 3.15. The van der Waals surface area contributed by atoms with Crippen molar-refractivity contribution in [3.8, 4) is 11.3 Å². The SMILES string of the molecule is Cn1c(=O)c2c(-c3cccc(Cl)c3)n3c(c2n(C)c1=O)[C@@H](c1nc(Cl)cs1)O[C@@H](CO)C3. The van der Waals surface area contributed by atoms with E-state index < -0.39 is 23.5 Å². The van der Waals surface area contributed by atoms with Crippen molar-refractivity contribution in [2.75, 3.05) is 6.61 Å². The van der Waals surface area contributed by atoms with Crippen molar-refractivity contribution in [3.05, 3.63) is 71.4 Å². The van der Waals surface area contributed by atoms with Crippen molar-refractivity contribution >= 4 is 45.4 Å². The lowest BCUT2D eigenvalue weighted by atomic mass is 10.1. The quantitative estimate of drug-likeness (QED) is 0.474. The van der Waals surface area contributed by atoms with E-state index in [-0.39, 0.29) is 13.2 Å². The molecule has 0 saturated heterocycles. The molecule has 0 radical (unpaired) electrons. The Morgan fingerprint density at radius 2 is 2.03 bits per heavy atom. The monoisotopic (exact) mass is 492 g/mol. The molecule has 1 aromatic carbocycles. The van der Waals surface area contributed by atoms with E-state index in [1.807, 2.05) is 10.6 Å². The van der Waals surface area contributed by atoms with Crippen LogP contribution in [-0.4, -0.2) is 36.5 Å². The van der Waals surface area contributed by atoms with E-state index in [2.05, 4.69) is 4.98 Å². The van der Waals surface area contributed by atoms with Crippen LogP contribution in [0.4, 0.5) is 0 Å². The number of rotatable bonds is 3. The predicted octanol–water partition coefficient (Wildman–Crippen LogP) is 2.95. The minimum absolute atomic E-state index is 0.227. The van der Waals surface area contributed by atoms with Gasteiger partial charge in [0.15, 0.2) is 6.10 Å². The largest absolute Gasteiger partial charge is 0.394 e. The Morgan fingerprint density at radius 3 is 2.69 bits per heavy atom. The fourth-order valence-corrected chi connectivity index (χ4v) is 5.48. The molecule has 4 aromatic rings. The fraction of sp³-hybridized carbons (Fsp3) is 0.286. The number of hydrogen-bond donors (Lipinski definition) is 1. The van der Waals surface area contributed by atoms with Gasteiger partial charge in [0, 0.05) is 30.1 Å². The highest BCUT2D eigenvalue weighted by Gasteiger charge is 2.37. The van der Waals surface area contributed by atoms with E-state index in [0.29, 0.717) is 37.5 Å². The van der Waals surface area contributed by atoms with Crippen LogP contribution in [0, 0.1) is 0 Å². The number of aliphatic hydroxyl groups is 1. The highest BCUT2D eigenvalue weighted by atomic mass is 35.5. The Labute approximate surface area is 195 Å². The maximum atomic E-state index is 13.4. The molecule has 0 bridgehead atoms. The highest BCUT2D eigenvalue weighted by molar-refractivity contribution is 7.10. The zero-order valence-corrected chi connectivity index (χ0v) is 19.4. The smallest absolute Gasteiger partial charge is 0.331 e.